The van der Waals surface area contributed by atoms with Crippen molar-refractivity contribution in [3.05, 3.63) is 65.7 Å². The van der Waals surface area contributed by atoms with Gasteiger partial charge in [-0.2, -0.15) is 5.21 Å². The molecule has 3 rings (SSSR count). The van der Waals surface area contributed by atoms with Crippen molar-refractivity contribution in [2.45, 2.75) is 51.6 Å². The molecule has 3 aromatic rings. The van der Waals surface area contributed by atoms with Crippen LogP contribution in [0.25, 0.3) is 11.4 Å². The van der Waals surface area contributed by atoms with Crippen molar-refractivity contribution in [1.82, 2.24) is 25.9 Å². The van der Waals surface area contributed by atoms with Crippen molar-refractivity contribution in [3.63, 3.8) is 0 Å². The van der Waals surface area contributed by atoms with Crippen LogP contribution < -0.4 is 5.32 Å². The monoisotopic (exact) mass is 349 g/mol. The molecule has 0 fully saturated rings. The van der Waals surface area contributed by atoms with Crippen molar-refractivity contribution in [1.29, 1.82) is 0 Å². The van der Waals surface area contributed by atoms with Gasteiger partial charge in [-0.05, 0) is 29.2 Å². The molecule has 0 saturated carbocycles. The van der Waals surface area contributed by atoms with E-state index >= 15 is 0 Å². The third kappa shape index (κ3) is 4.55. The Kier molecular flexibility index (Phi) is 6.50. The first-order valence-electron chi connectivity index (χ1n) is 9.46. The molecule has 5 heteroatoms. The van der Waals surface area contributed by atoms with Gasteiger partial charge in [0.2, 0.25) is 5.82 Å². The fourth-order valence-corrected chi connectivity index (χ4v) is 3.23. The van der Waals surface area contributed by atoms with Crippen LogP contribution in [0.1, 0.15) is 56.7 Å². The highest BCUT2D eigenvalue weighted by molar-refractivity contribution is 5.54. The Morgan fingerprint density at radius 3 is 2.31 bits per heavy atom. The third-order valence-electron chi connectivity index (χ3n) is 4.78. The minimum atomic E-state index is 0.178. The molecule has 26 heavy (non-hydrogen) atoms. The standard InChI is InChI=1S/C21H27N5/c1-3-5-11-19(4-2)22-20(16-9-7-6-8-10-16)17-12-14-18(15-13-17)21-23-25-26-24-21/h6-10,12-15,19-20,22H,3-5,11H2,1-2H3,(H,23,24,25,26). The second kappa shape index (κ2) is 9.25. The number of unbranched alkanes of at least 4 members (excludes halogenated alkanes) is 1. The van der Waals surface area contributed by atoms with Gasteiger partial charge in [0.05, 0.1) is 6.04 Å². The molecule has 0 amide bonds. The first kappa shape index (κ1) is 18.3. The van der Waals surface area contributed by atoms with Crippen molar-refractivity contribution in [2.24, 2.45) is 0 Å². The quantitative estimate of drug-likeness (QED) is 0.596. The lowest BCUT2D eigenvalue weighted by atomic mass is 9.95. The van der Waals surface area contributed by atoms with E-state index in [1.807, 2.05) is 0 Å². The number of H-pyrrole nitrogens is 1. The smallest absolute Gasteiger partial charge is 0.204 e. The molecule has 1 aromatic heterocycles. The Morgan fingerprint density at radius 1 is 0.962 bits per heavy atom. The van der Waals surface area contributed by atoms with Crippen LogP contribution in [0.4, 0.5) is 0 Å². The maximum absolute atomic E-state index is 4.05. The third-order valence-corrected chi connectivity index (χ3v) is 4.78. The van der Waals surface area contributed by atoms with Crippen LogP contribution in [0.15, 0.2) is 54.6 Å². The van der Waals surface area contributed by atoms with Crippen LogP contribution >= 0.6 is 0 Å². The average molecular weight is 349 g/mol. The van der Waals surface area contributed by atoms with Gasteiger partial charge in [-0.3, -0.25) is 0 Å². The second-order valence-corrected chi connectivity index (χ2v) is 6.62. The second-order valence-electron chi connectivity index (χ2n) is 6.62. The van der Waals surface area contributed by atoms with Crippen molar-refractivity contribution >= 4 is 0 Å². The Balaban J connectivity index is 1.85. The van der Waals surface area contributed by atoms with E-state index in [-0.39, 0.29) is 6.04 Å². The number of hydrogen-bond acceptors (Lipinski definition) is 4. The van der Waals surface area contributed by atoms with Gasteiger partial charge < -0.3 is 5.32 Å². The fourth-order valence-electron chi connectivity index (χ4n) is 3.23. The van der Waals surface area contributed by atoms with Crippen LogP contribution in [-0.2, 0) is 0 Å². The molecule has 2 N–H and O–H groups in total. The van der Waals surface area contributed by atoms with Crippen LogP contribution in [-0.4, -0.2) is 26.7 Å². The minimum absolute atomic E-state index is 0.178. The molecular formula is C21H27N5. The zero-order chi connectivity index (χ0) is 18.2. The molecule has 0 spiro atoms. The van der Waals surface area contributed by atoms with Gasteiger partial charge in [0.1, 0.15) is 0 Å². The van der Waals surface area contributed by atoms with Gasteiger partial charge >= 0.3 is 0 Å². The van der Waals surface area contributed by atoms with Gasteiger partial charge in [-0.1, -0.05) is 81.3 Å². The SMILES string of the molecule is CCCCC(CC)NC(c1ccccc1)c1ccc(-c2nn[nH]n2)cc1. The lowest BCUT2D eigenvalue weighted by Crippen LogP contribution is -2.33. The van der Waals surface area contributed by atoms with E-state index in [0.717, 1.165) is 12.0 Å². The summed E-state index contributed by atoms with van der Waals surface area (Å²) in [6.45, 7) is 4.51. The Bertz CT molecular complexity index is 753. The van der Waals surface area contributed by atoms with Gasteiger partial charge in [0.15, 0.2) is 0 Å². The zero-order valence-corrected chi connectivity index (χ0v) is 15.5. The molecule has 5 nitrogen and oxygen atoms in total. The molecule has 0 saturated heterocycles. The van der Waals surface area contributed by atoms with Crippen LogP contribution in [0, 0.1) is 0 Å². The number of nitrogens with zero attached hydrogens (tertiary/aromatic N) is 3. The summed E-state index contributed by atoms with van der Waals surface area (Å²) in [5.74, 6) is 0.621. The van der Waals surface area contributed by atoms with Gasteiger partial charge in [0, 0.05) is 11.6 Å². The number of aromatic amines is 1. The number of aromatic nitrogens is 4. The highest BCUT2D eigenvalue weighted by atomic mass is 15.5. The summed E-state index contributed by atoms with van der Waals surface area (Å²) in [7, 11) is 0. The van der Waals surface area contributed by atoms with E-state index in [1.54, 1.807) is 0 Å². The predicted octanol–water partition coefficient (Wildman–Crippen LogP) is 4.51. The van der Waals surface area contributed by atoms with Gasteiger partial charge in [-0.15, -0.1) is 10.2 Å². The summed E-state index contributed by atoms with van der Waals surface area (Å²) in [5, 5.41) is 18.1. The molecular weight excluding hydrogens is 322 g/mol. The summed E-state index contributed by atoms with van der Waals surface area (Å²) >= 11 is 0. The van der Waals surface area contributed by atoms with Crippen molar-refractivity contribution in [3.8, 4) is 11.4 Å². The number of hydrogen-bond donors (Lipinski definition) is 2. The molecule has 136 valence electrons. The van der Waals surface area contributed by atoms with Crippen molar-refractivity contribution in [2.75, 3.05) is 0 Å². The van der Waals surface area contributed by atoms with Gasteiger partial charge in [0.25, 0.3) is 0 Å². The lowest BCUT2D eigenvalue weighted by molar-refractivity contribution is 0.422. The first-order valence-corrected chi connectivity index (χ1v) is 9.46. The molecule has 2 atom stereocenters. The zero-order valence-electron chi connectivity index (χ0n) is 15.5. The van der Waals surface area contributed by atoms with E-state index in [2.05, 4.69) is 94.4 Å². The molecule has 1 heterocycles. The van der Waals surface area contributed by atoms with E-state index in [9.17, 15) is 0 Å². The topological polar surface area (TPSA) is 66.5 Å². The molecule has 2 aromatic carbocycles. The highest BCUT2D eigenvalue weighted by Gasteiger charge is 2.18. The van der Waals surface area contributed by atoms with Gasteiger partial charge in [-0.25, -0.2) is 0 Å². The molecule has 0 aliphatic rings. The Morgan fingerprint density at radius 2 is 1.69 bits per heavy atom. The molecule has 0 bridgehead atoms. The Hall–Kier alpha value is -2.53. The van der Waals surface area contributed by atoms with Crippen LogP contribution in [0.3, 0.4) is 0 Å². The predicted molar refractivity (Wildman–Crippen MR) is 105 cm³/mol. The molecule has 0 aliphatic carbocycles. The minimum Gasteiger partial charge on any atom is -0.303 e. The van der Waals surface area contributed by atoms with Crippen molar-refractivity contribution < 1.29 is 0 Å². The summed E-state index contributed by atoms with van der Waals surface area (Å²) in [6.07, 6.45) is 4.82. The number of tetrazole rings is 1. The Labute approximate surface area is 155 Å². The molecule has 0 aliphatic heterocycles. The summed E-state index contributed by atoms with van der Waals surface area (Å²) in [4.78, 5) is 0. The number of benzene rings is 2. The fraction of sp³-hybridized carbons (Fsp3) is 0.381. The normalized spacial score (nSPS) is 13.5. The largest absolute Gasteiger partial charge is 0.303 e. The first-order chi connectivity index (χ1) is 12.8. The molecule has 0 radical (unpaired) electrons. The summed E-state index contributed by atoms with van der Waals surface area (Å²) in [6, 6.07) is 19.8. The average Bonchev–Trinajstić information content (AvgIpc) is 3.24. The van der Waals surface area contributed by atoms with E-state index in [4.69, 9.17) is 0 Å². The number of rotatable bonds is 9. The molecule has 2 unspecified atom stereocenters. The number of nitrogens with one attached hydrogen (secondary N) is 2. The maximum Gasteiger partial charge on any atom is 0.204 e. The maximum atomic E-state index is 4.05. The highest BCUT2D eigenvalue weighted by Crippen LogP contribution is 2.26. The lowest BCUT2D eigenvalue weighted by Gasteiger charge is -2.26. The summed E-state index contributed by atoms with van der Waals surface area (Å²) in [5.41, 5.74) is 3.50. The van der Waals surface area contributed by atoms with E-state index < -0.39 is 0 Å². The van der Waals surface area contributed by atoms with Crippen LogP contribution in [0.5, 0.6) is 0 Å². The van der Waals surface area contributed by atoms with Crippen LogP contribution in [0.2, 0.25) is 0 Å². The summed E-state index contributed by atoms with van der Waals surface area (Å²) < 4.78 is 0. The van der Waals surface area contributed by atoms with E-state index in [0.29, 0.717) is 11.9 Å². The van der Waals surface area contributed by atoms with E-state index in [1.165, 1.54) is 30.4 Å².